The van der Waals surface area contributed by atoms with Crippen molar-refractivity contribution in [3.63, 3.8) is 0 Å². The molecule has 0 spiro atoms. The van der Waals surface area contributed by atoms with E-state index in [1.807, 2.05) is 29.1 Å². The van der Waals surface area contributed by atoms with E-state index in [2.05, 4.69) is 29.4 Å². The van der Waals surface area contributed by atoms with Crippen LogP contribution in [0, 0.1) is 0 Å². The van der Waals surface area contributed by atoms with Crippen LogP contribution in [0.4, 0.5) is 5.69 Å². The smallest absolute Gasteiger partial charge is 0.168 e. The molecule has 96 valence electrons. The molecule has 0 radical (unpaired) electrons. The molecule has 0 aliphatic carbocycles. The molecule has 2 rings (SSSR count). The van der Waals surface area contributed by atoms with Gasteiger partial charge in [0.25, 0.3) is 0 Å². The highest BCUT2D eigenvalue weighted by Gasteiger charge is 2.04. The minimum Gasteiger partial charge on any atom is -0.376 e. The molecule has 0 fully saturated rings. The van der Waals surface area contributed by atoms with E-state index in [9.17, 15) is 0 Å². The minimum absolute atomic E-state index is 0.273. The van der Waals surface area contributed by atoms with E-state index < -0.39 is 0 Å². The Morgan fingerprint density at radius 2 is 2.28 bits per heavy atom. The molecular weight excluding hydrogens is 246 g/mol. The molecule has 1 heterocycles. The molecule has 0 aliphatic rings. The maximum Gasteiger partial charge on any atom is 0.168 e. The first-order valence-corrected chi connectivity index (χ1v) is 6.14. The van der Waals surface area contributed by atoms with Crippen molar-refractivity contribution in [1.82, 2.24) is 14.7 Å². The van der Waals surface area contributed by atoms with Gasteiger partial charge < -0.3 is 16.0 Å². The van der Waals surface area contributed by atoms with Gasteiger partial charge >= 0.3 is 0 Å². The lowest BCUT2D eigenvalue weighted by Gasteiger charge is -2.10. The van der Waals surface area contributed by atoms with Crippen molar-refractivity contribution < 1.29 is 0 Å². The number of nitrogens with zero attached hydrogens (tertiary/aromatic N) is 3. The number of nitrogens with two attached hydrogens (primary N) is 1. The maximum atomic E-state index is 5.45. The van der Waals surface area contributed by atoms with Crippen molar-refractivity contribution in [2.45, 2.75) is 6.54 Å². The SMILES string of the molecule is CN(C)CCn1ncc2cc(NC(N)=S)ccc21. The fourth-order valence-corrected chi connectivity index (χ4v) is 1.90. The van der Waals surface area contributed by atoms with Gasteiger partial charge in [0.05, 0.1) is 18.3 Å². The Balaban J connectivity index is 2.23. The van der Waals surface area contributed by atoms with Gasteiger partial charge in [0.2, 0.25) is 0 Å². The lowest BCUT2D eigenvalue weighted by atomic mass is 10.2. The van der Waals surface area contributed by atoms with E-state index in [-0.39, 0.29) is 5.11 Å². The highest BCUT2D eigenvalue weighted by Crippen LogP contribution is 2.18. The highest BCUT2D eigenvalue weighted by atomic mass is 32.1. The monoisotopic (exact) mass is 263 g/mol. The fourth-order valence-electron chi connectivity index (χ4n) is 1.78. The third-order valence-electron chi connectivity index (χ3n) is 2.67. The van der Waals surface area contributed by atoms with Crippen molar-refractivity contribution in [3.8, 4) is 0 Å². The summed E-state index contributed by atoms with van der Waals surface area (Å²) in [4.78, 5) is 2.14. The number of thiocarbonyl (C=S) groups is 1. The average molecular weight is 263 g/mol. The summed E-state index contributed by atoms with van der Waals surface area (Å²) in [5.74, 6) is 0. The van der Waals surface area contributed by atoms with Gasteiger partial charge in [-0.15, -0.1) is 0 Å². The zero-order chi connectivity index (χ0) is 13.1. The van der Waals surface area contributed by atoms with E-state index in [4.69, 9.17) is 18.0 Å². The first-order valence-electron chi connectivity index (χ1n) is 5.73. The van der Waals surface area contributed by atoms with Crippen LogP contribution in [0.15, 0.2) is 24.4 Å². The van der Waals surface area contributed by atoms with E-state index in [1.54, 1.807) is 0 Å². The fraction of sp³-hybridized carbons (Fsp3) is 0.333. The van der Waals surface area contributed by atoms with Crippen LogP contribution < -0.4 is 11.1 Å². The molecule has 5 nitrogen and oxygen atoms in total. The number of benzene rings is 1. The van der Waals surface area contributed by atoms with Crippen molar-refractivity contribution in [3.05, 3.63) is 24.4 Å². The van der Waals surface area contributed by atoms with E-state index in [1.165, 1.54) is 0 Å². The Kier molecular flexibility index (Phi) is 3.78. The first-order chi connectivity index (χ1) is 8.56. The van der Waals surface area contributed by atoms with Gasteiger partial charge in [-0.3, -0.25) is 4.68 Å². The zero-order valence-electron chi connectivity index (χ0n) is 10.6. The van der Waals surface area contributed by atoms with E-state index >= 15 is 0 Å². The number of nitrogens with one attached hydrogen (secondary N) is 1. The van der Waals surface area contributed by atoms with Gasteiger partial charge in [0, 0.05) is 17.6 Å². The molecule has 0 aliphatic heterocycles. The van der Waals surface area contributed by atoms with Crippen LogP contribution in [0.2, 0.25) is 0 Å². The maximum absolute atomic E-state index is 5.45. The summed E-state index contributed by atoms with van der Waals surface area (Å²) < 4.78 is 2.00. The number of anilines is 1. The molecular formula is C12H17N5S. The number of rotatable bonds is 4. The molecule has 3 N–H and O–H groups in total. The summed E-state index contributed by atoms with van der Waals surface area (Å²) >= 11 is 4.82. The summed E-state index contributed by atoms with van der Waals surface area (Å²) in [6, 6.07) is 5.97. The van der Waals surface area contributed by atoms with Crippen LogP contribution >= 0.6 is 12.2 Å². The highest BCUT2D eigenvalue weighted by molar-refractivity contribution is 7.80. The van der Waals surface area contributed by atoms with Gasteiger partial charge in [-0.25, -0.2) is 0 Å². The molecule has 1 aromatic carbocycles. The Bertz CT molecular complexity index is 561. The van der Waals surface area contributed by atoms with Crippen molar-refractivity contribution in [2.75, 3.05) is 26.0 Å². The van der Waals surface area contributed by atoms with Crippen LogP contribution in [-0.2, 0) is 6.54 Å². The molecule has 0 saturated heterocycles. The Labute approximate surface area is 112 Å². The normalized spacial score (nSPS) is 11.1. The van der Waals surface area contributed by atoms with Crippen LogP contribution in [0.3, 0.4) is 0 Å². The van der Waals surface area contributed by atoms with Crippen LogP contribution in [-0.4, -0.2) is 40.4 Å². The number of hydrogen-bond acceptors (Lipinski definition) is 3. The first kappa shape index (κ1) is 12.8. The number of hydrogen-bond donors (Lipinski definition) is 2. The lowest BCUT2D eigenvalue weighted by Crippen LogP contribution is -2.19. The standard InChI is InChI=1S/C12H17N5S/c1-16(2)5-6-17-11-4-3-10(15-12(13)18)7-9(11)8-14-17/h3-4,7-8H,5-6H2,1-2H3,(H3,13,15,18). The second-order valence-corrected chi connectivity index (χ2v) is 4.87. The Hall–Kier alpha value is -1.66. The molecule has 0 atom stereocenters. The van der Waals surface area contributed by atoms with Gasteiger partial charge in [0.1, 0.15) is 0 Å². The van der Waals surface area contributed by atoms with E-state index in [0.29, 0.717) is 0 Å². The molecule has 0 bridgehead atoms. The zero-order valence-corrected chi connectivity index (χ0v) is 11.4. The topological polar surface area (TPSA) is 59.1 Å². The van der Waals surface area contributed by atoms with Gasteiger partial charge in [-0.1, -0.05) is 0 Å². The molecule has 0 amide bonds. The summed E-state index contributed by atoms with van der Waals surface area (Å²) in [5.41, 5.74) is 7.46. The molecule has 0 unspecified atom stereocenters. The second-order valence-electron chi connectivity index (χ2n) is 4.43. The Morgan fingerprint density at radius 1 is 1.50 bits per heavy atom. The largest absolute Gasteiger partial charge is 0.376 e. The summed E-state index contributed by atoms with van der Waals surface area (Å²) in [6.45, 7) is 1.84. The molecule has 0 saturated carbocycles. The van der Waals surface area contributed by atoms with E-state index in [0.717, 1.165) is 29.7 Å². The Morgan fingerprint density at radius 3 is 2.94 bits per heavy atom. The third-order valence-corrected chi connectivity index (χ3v) is 2.77. The van der Waals surface area contributed by atoms with Crippen LogP contribution in [0.1, 0.15) is 0 Å². The molecule has 6 heteroatoms. The predicted molar refractivity (Wildman–Crippen MR) is 78.7 cm³/mol. The molecule has 2 aromatic rings. The van der Waals surface area contributed by atoms with Crippen molar-refractivity contribution in [2.24, 2.45) is 5.73 Å². The molecule has 18 heavy (non-hydrogen) atoms. The lowest BCUT2D eigenvalue weighted by molar-refractivity contribution is 0.377. The van der Waals surface area contributed by atoms with Gasteiger partial charge in [-0.05, 0) is 44.5 Å². The summed E-state index contributed by atoms with van der Waals surface area (Å²) in [5, 5.41) is 8.66. The second kappa shape index (κ2) is 5.32. The minimum atomic E-state index is 0.273. The number of fused-ring (bicyclic) bond motifs is 1. The van der Waals surface area contributed by atoms with Crippen molar-refractivity contribution >= 4 is 33.9 Å². The van der Waals surface area contributed by atoms with Gasteiger partial charge in [-0.2, -0.15) is 5.10 Å². The summed E-state index contributed by atoms with van der Waals surface area (Å²) in [6.07, 6.45) is 1.86. The number of likely N-dealkylation sites (N-methyl/N-ethyl adjacent to an activating group) is 1. The summed E-state index contributed by atoms with van der Waals surface area (Å²) in [7, 11) is 4.10. The third kappa shape index (κ3) is 2.96. The van der Waals surface area contributed by atoms with Gasteiger partial charge in [0.15, 0.2) is 5.11 Å². The average Bonchev–Trinajstić information content (AvgIpc) is 2.68. The predicted octanol–water partition coefficient (Wildman–Crippen LogP) is 1.25. The quantitative estimate of drug-likeness (QED) is 0.813. The van der Waals surface area contributed by atoms with Crippen LogP contribution in [0.25, 0.3) is 10.9 Å². The van der Waals surface area contributed by atoms with Crippen molar-refractivity contribution in [1.29, 1.82) is 0 Å². The molecule has 1 aromatic heterocycles. The van der Waals surface area contributed by atoms with Crippen LogP contribution in [0.5, 0.6) is 0 Å². The number of aromatic nitrogens is 2.